The molecule has 0 spiro atoms. The zero-order valence-corrected chi connectivity index (χ0v) is 15.5. The molecule has 27 heavy (non-hydrogen) atoms. The first-order valence-electron chi connectivity index (χ1n) is 9.37. The fourth-order valence-corrected chi connectivity index (χ4v) is 3.92. The Morgan fingerprint density at radius 3 is 2.85 bits per heavy atom. The largest absolute Gasteiger partial charge is 0.497 e. The first kappa shape index (κ1) is 17.7. The van der Waals surface area contributed by atoms with Crippen LogP contribution in [0, 0.1) is 5.82 Å². The lowest BCUT2D eigenvalue weighted by Crippen LogP contribution is -2.34. The number of aromatic amines is 1. The zero-order chi connectivity index (χ0) is 18.6. The van der Waals surface area contributed by atoms with Crippen LogP contribution in [0.15, 0.2) is 54.7 Å². The van der Waals surface area contributed by atoms with Crippen LogP contribution in [0.25, 0.3) is 11.1 Å². The number of piperidine rings is 1. The van der Waals surface area contributed by atoms with Crippen molar-refractivity contribution in [1.82, 2.24) is 15.1 Å². The zero-order valence-electron chi connectivity index (χ0n) is 15.5. The normalized spacial score (nSPS) is 17.8. The quantitative estimate of drug-likeness (QED) is 0.718. The molecule has 1 N–H and O–H groups in total. The monoisotopic (exact) mass is 365 g/mol. The number of methoxy groups -OCH3 is 1. The molecule has 1 aromatic heterocycles. The molecule has 0 bridgehead atoms. The third-order valence-electron chi connectivity index (χ3n) is 5.28. The van der Waals surface area contributed by atoms with Crippen molar-refractivity contribution in [3.8, 4) is 16.9 Å². The average Bonchev–Trinajstić information content (AvgIpc) is 3.19. The first-order valence-corrected chi connectivity index (χ1v) is 9.37. The van der Waals surface area contributed by atoms with Crippen LogP contribution in [-0.2, 0) is 6.54 Å². The topological polar surface area (TPSA) is 41.1 Å². The Kier molecular flexibility index (Phi) is 5.21. The number of hydrogen-bond acceptors (Lipinski definition) is 3. The fourth-order valence-electron chi connectivity index (χ4n) is 3.92. The molecule has 1 fully saturated rings. The van der Waals surface area contributed by atoms with Crippen molar-refractivity contribution in [3.63, 3.8) is 0 Å². The minimum atomic E-state index is -0.218. The number of H-pyrrole nitrogens is 1. The van der Waals surface area contributed by atoms with Crippen LogP contribution in [0.4, 0.5) is 4.39 Å². The van der Waals surface area contributed by atoms with Crippen molar-refractivity contribution in [2.45, 2.75) is 25.3 Å². The van der Waals surface area contributed by atoms with Gasteiger partial charge in [-0.15, -0.1) is 0 Å². The lowest BCUT2D eigenvalue weighted by atomic mass is 9.90. The van der Waals surface area contributed by atoms with E-state index >= 15 is 0 Å². The number of benzene rings is 2. The Morgan fingerprint density at radius 2 is 2.07 bits per heavy atom. The number of ether oxygens (including phenoxy) is 1. The molecule has 0 saturated carbocycles. The number of likely N-dealkylation sites (tertiary alicyclic amines) is 1. The maximum Gasteiger partial charge on any atom is 0.123 e. The van der Waals surface area contributed by atoms with Gasteiger partial charge < -0.3 is 4.74 Å². The highest BCUT2D eigenvalue weighted by molar-refractivity contribution is 5.65. The lowest BCUT2D eigenvalue weighted by Gasteiger charge is -2.32. The molecule has 5 heteroatoms. The smallest absolute Gasteiger partial charge is 0.123 e. The van der Waals surface area contributed by atoms with Crippen LogP contribution in [0.5, 0.6) is 5.75 Å². The second kappa shape index (κ2) is 7.92. The molecule has 140 valence electrons. The van der Waals surface area contributed by atoms with Gasteiger partial charge in [0.25, 0.3) is 0 Å². The summed E-state index contributed by atoms with van der Waals surface area (Å²) in [7, 11) is 1.69. The molecule has 0 unspecified atom stereocenters. The Balaban J connectivity index is 1.49. The number of aromatic nitrogens is 2. The van der Waals surface area contributed by atoms with E-state index in [1.807, 2.05) is 24.4 Å². The predicted octanol–water partition coefficient (Wildman–Crippen LogP) is 4.60. The van der Waals surface area contributed by atoms with E-state index < -0.39 is 0 Å². The summed E-state index contributed by atoms with van der Waals surface area (Å²) < 4.78 is 18.9. The van der Waals surface area contributed by atoms with Crippen molar-refractivity contribution in [2.24, 2.45) is 0 Å². The summed E-state index contributed by atoms with van der Waals surface area (Å²) in [6, 6.07) is 15.0. The van der Waals surface area contributed by atoms with E-state index in [1.54, 1.807) is 19.2 Å². The van der Waals surface area contributed by atoms with Crippen molar-refractivity contribution in [3.05, 3.63) is 71.8 Å². The van der Waals surface area contributed by atoms with Crippen molar-refractivity contribution >= 4 is 0 Å². The van der Waals surface area contributed by atoms with Crippen molar-refractivity contribution in [1.29, 1.82) is 0 Å². The Morgan fingerprint density at radius 1 is 1.22 bits per heavy atom. The molecule has 0 aliphatic carbocycles. The predicted molar refractivity (Wildman–Crippen MR) is 104 cm³/mol. The number of hydrogen-bond donors (Lipinski definition) is 1. The van der Waals surface area contributed by atoms with Gasteiger partial charge in [-0.2, -0.15) is 5.10 Å². The molecule has 3 aromatic rings. The van der Waals surface area contributed by atoms with Gasteiger partial charge in [-0.3, -0.25) is 10.00 Å². The molecule has 2 heterocycles. The summed E-state index contributed by atoms with van der Waals surface area (Å²) in [5.74, 6) is 1.04. The van der Waals surface area contributed by atoms with Crippen LogP contribution in [0.1, 0.15) is 30.0 Å². The molecule has 1 aliphatic heterocycles. The number of rotatable bonds is 5. The second-order valence-electron chi connectivity index (χ2n) is 7.13. The maximum absolute atomic E-state index is 13.6. The van der Waals surface area contributed by atoms with E-state index in [0.717, 1.165) is 55.0 Å². The van der Waals surface area contributed by atoms with Gasteiger partial charge in [0.2, 0.25) is 0 Å². The number of halogens is 1. The van der Waals surface area contributed by atoms with Crippen LogP contribution in [0.3, 0.4) is 0 Å². The number of nitrogens with one attached hydrogen (secondary N) is 1. The molecule has 0 radical (unpaired) electrons. The Hall–Kier alpha value is -2.66. The molecular formula is C22H24FN3O. The summed E-state index contributed by atoms with van der Waals surface area (Å²) in [5, 5.41) is 7.43. The molecule has 1 aliphatic rings. The van der Waals surface area contributed by atoms with Gasteiger partial charge in [-0.1, -0.05) is 24.3 Å². The van der Waals surface area contributed by atoms with Crippen LogP contribution in [-0.4, -0.2) is 35.3 Å². The molecular weight excluding hydrogens is 341 g/mol. The van der Waals surface area contributed by atoms with Gasteiger partial charge in [0, 0.05) is 30.3 Å². The molecule has 4 nitrogen and oxygen atoms in total. The summed E-state index contributed by atoms with van der Waals surface area (Å²) in [4.78, 5) is 2.48. The second-order valence-corrected chi connectivity index (χ2v) is 7.13. The minimum absolute atomic E-state index is 0.218. The standard InChI is InChI=1S/C22H24FN3O/c1-27-20-9-7-16(8-10-20)14-26-11-3-5-18(15-26)22-21(13-24-25-22)17-4-2-6-19(23)12-17/h2,4,6-10,12-13,18H,3,5,11,14-15H2,1H3,(H,24,25)/t18-/m0/s1. The SMILES string of the molecule is COc1ccc(CN2CCC[C@H](c3[nH]ncc3-c3cccc(F)c3)C2)cc1. The van der Waals surface area contributed by atoms with Crippen LogP contribution >= 0.6 is 0 Å². The third kappa shape index (κ3) is 4.03. The summed E-state index contributed by atoms with van der Waals surface area (Å²) >= 11 is 0. The fraction of sp³-hybridized carbons (Fsp3) is 0.318. The Bertz CT molecular complexity index is 891. The van der Waals surface area contributed by atoms with Gasteiger partial charge in [0.15, 0.2) is 0 Å². The van der Waals surface area contributed by atoms with E-state index in [4.69, 9.17) is 4.74 Å². The highest BCUT2D eigenvalue weighted by atomic mass is 19.1. The van der Waals surface area contributed by atoms with E-state index in [0.29, 0.717) is 5.92 Å². The van der Waals surface area contributed by atoms with Gasteiger partial charge in [-0.05, 0) is 54.8 Å². The third-order valence-corrected chi connectivity index (χ3v) is 5.28. The summed E-state index contributed by atoms with van der Waals surface area (Å²) in [5.41, 5.74) is 4.28. The van der Waals surface area contributed by atoms with Gasteiger partial charge in [-0.25, -0.2) is 4.39 Å². The highest BCUT2D eigenvalue weighted by Crippen LogP contribution is 2.33. The molecule has 4 rings (SSSR count). The molecule has 1 atom stereocenters. The average molecular weight is 365 g/mol. The molecule has 1 saturated heterocycles. The van der Waals surface area contributed by atoms with E-state index in [9.17, 15) is 4.39 Å². The summed E-state index contributed by atoms with van der Waals surface area (Å²) in [6.45, 7) is 2.98. The van der Waals surface area contributed by atoms with Gasteiger partial charge >= 0.3 is 0 Å². The Labute approximate surface area is 159 Å². The lowest BCUT2D eigenvalue weighted by molar-refractivity contribution is 0.198. The minimum Gasteiger partial charge on any atom is -0.497 e. The summed E-state index contributed by atoms with van der Waals surface area (Å²) in [6.07, 6.45) is 4.07. The highest BCUT2D eigenvalue weighted by Gasteiger charge is 2.25. The van der Waals surface area contributed by atoms with Crippen molar-refractivity contribution < 1.29 is 9.13 Å². The first-order chi connectivity index (χ1) is 13.2. The molecule has 0 amide bonds. The van der Waals surface area contributed by atoms with E-state index in [2.05, 4.69) is 27.2 Å². The van der Waals surface area contributed by atoms with Crippen LogP contribution < -0.4 is 4.74 Å². The van der Waals surface area contributed by atoms with Gasteiger partial charge in [0.1, 0.15) is 11.6 Å². The van der Waals surface area contributed by atoms with E-state index in [-0.39, 0.29) is 5.82 Å². The van der Waals surface area contributed by atoms with Crippen molar-refractivity contribution in [2.75, 3.05) is 20.2 Å². The van der Waals surface area contributed by atoms with E-state index in [1.165, 1.54) is 11.6 Å². The van der Waals surface area contributed by atoms with Gasteiger partial charge in [0.05, 0.1) is 13.3 Å². The van der Waals surface area contributed by atoms with Crippen LogP contribution in [0.2, 0.25) is 0 Å². The maximum atomic E-state index is 13.6. The number of nitrogens with zero attached hydrogens (tertiary/aromatic N) is 2. The molecule has 2 aromatic carbocycles.